The molecule has 0 amide bonds. The number of rotatable bonds is 3. The summed E-state index contributed by atoms with van der Waals surface area (Å²) in [6.07, 6.45) is 6.78. The highest BCUT2D eigenvalue weighted by Crippen LogP contribution is 2.43. The molecule has 0 aromatic carbocycles. The summed E-state index contributed by atoms with van der Waals surface area (Å²) in [4.78, 5) is 0. The van der Waals surface area contributed by atoms with Crippen LogP contribution in [0.5, 0.6) is 0 Å². The average molecular weight is 194 g/mol. The Morgan fingerprint density at radius 2 is 2.43 bits per heavy atom. The summed E-state index contributed by atoms with van der Waals surface area (Å²) in [6, 6.07) is 0. The molecule has 0 unspecified atom stereocenters. The Bertz CT molecular complexity index is 242. The summed E-state index contributed by atoms with van der Waals surface area (Å²) in [6.45, 7) is 10.3. The van der Waals surface area contributed by atoms with Crippen molar-refractivity contribution >= 4 is 0 Å². The zero-order valence-electron chi connectivity index (χ0n) is 9.59. The maximum absolute atomic E-state index is 10.1. The van der Waals surface area contributed by atoms with Crippen molar-refractivity contribution < 1.29 is 5.11 Å². The lowest BCUT2D eigenvalue weighted by Gasteiger charge is -2.41. The maximum atomic E-state index is 10.1. The number of aliphatic hydroxyl groups excluding tert-OH is 1. The van der Waals surface area contributed by atoms with E-state index in [0.29, 0.717) is 12.3 Å². The summed E-state index contributed by atoms with van der Waals surface area (Å²) in [5.41, 5.74) is 1.49. The van der Waals surface area contributed by atoms with Crippen LogP contribution in [-0.4, -0.2) is 11.2 Å². The molecule has 1 rings (SSSR count). The van der Waals surface area contributed by atoms with Gasteiger partial charge in [0.1, 0.15) is 0 Å². The van der Waals surface area contributed by atoms with E-state index in [1.54, 1.807) is 0 Å². The monoisotopic (exact) mass is 194 g/mol. The van der Waals surface area contributed by atoms with Crippen LogP contribution in [0.2, 0.25) is 0 Å². The molecule has 0 spiro atoms. The molecule has 0 radical (unpaired) electrons. The second kappa shape index (κ2) is 4.31. The van der Waals surface area contributed by atoms with E-state index in [1.807, 2.05) is 6.08 Å². The van der Waals surface area contributed by atoms with Crippen molar-refractivity contribution in [3.8, 4) is 0 Å². The standard InChI is InChI=1S/C13H22O/c1-5-6-12(14)13(4)8-7-10(2)9-11(13)3/h5,9,11-12,14H,1,6-8H2,2-4H3/t11-,12+,13-/m1/s1. The molecule has 0 saturated carbocycles. The molecule has 1 N–H and O–H groups in total. The van der Waals surface area contributed by atoms with E-state index >= 15 is 0 Å². The van der Waals surface area contributed by atoms with Gasteiger partial charge in [-0.3, -0.25) is 0 Å². The first-order valence-corrected chi connectivity index (χ1v) is 5.47. The molecule has 1 aliphatic rings. The molecule has 0 aliphatic heterocycles. The number of hydrogen-bond donors (Lipinski definition) is 1. The van der Waals surface area contributed by atoms with Gasteiger partial charge in [-0.05, 0) is 32.1 Å². The van der Waals surface area contributed by atoms with Gasteiger partial charge in [-0.1, -0.05) is 31.6 Å². The zero-order valence-corrected chi connectivity index (χ0v) is 9.59. The van der Waals surface area contributed by atoms with Crippen LogP contribution < -0.4 is 0 Å². The van der Waals surface area contributed by atoms with Gasteiger partial charge in [0.05, 0.1) is 6.10 Å². The predicted octanol–water partition coefficient (Wildman–Crippen LogP) is 3.31. The lowest BCUT2D eigenvalue weighted by molar-refractivity contribution is 0.00314. The summed E-state index contributed by atoms with van der Waals surface area (Å²) in [5, 5.41) is 10.1. The number of hydrogen-bond acceptors (Lipinski definition) is 1. The Hall–Kier alpha value is -0.560. The van der Waals surface area contributed by atoms with Crippen molar-refractivity contribution in [2.24, 2.45) is 11.3 Å². The predicted molar refractivity (Wildman–Crippen MR) is 61.1 cm³/mol. The number of allylic oxidation sites excluding steroid dienone is 2. The van der Waals surface area contributed by atoms with Crippen molar-refractivity contribution in [3.05, 3.63) is 24.3 Å². The largest absolute Gasteiger partial charge is 0.392 e. The quantitative estimate of drug-likeness (QED) is 0.683. The molecule has 0 fully saturated rings. The fourth-order valence-electron chi connectivity index (χ4n) is 2.29. The summed E-state index contributed by atoms with van der Waals surface area (Å²) in [7, 11) is 0. The molecule has 0 heterocycles. The SMILES string of the molecule is C=CC[C@H](O)[C@]1(C)CCC(C)=C[C@H]1C. The minimum Gasteiger partial charge on any atom is -0.392 e. The summed E-state index contributed by atoms with van der Waals surface area (Å²) >= 11 is 0. The molecule has 0 saturated heterocycles. The van der Waals surface area contributed by atoms with Crippen molar-refractivity contribution in [1.29, 1.82) is 0 Å². The highest BCUT2D eigenvalue weighted by atomic mass is 16.3. The molecule has 1 aliphatic carbocycles. The van der Waals surface area contributed by atoms with E-state index in [-0.39, 0.29) is 11.5 Å². The van der Waals surface area contributed by atoms with Gasteiger partial charge in [-0.15, -0.1) is 6.58 Å². The summed E-state index contributed by atoms with van der Waals surface area (Å²) in [5.74, 6) is 0.464. The van der Waals surface area contributed by atoms with Crippen LogP contribution >= 0.6 is 0 Å². The molecule has 14 heavy (non-hydrogen) atoms. The highest BCUT2D eigenvalue weighted by molar-refractivity contribution is 5.11. The van der Waals surface area contributed by atoms with Crippen LogP contribution in [0.1, 0.15) is 40.0 Å². The lowest BCUT2D eigenvalue weighted by atomic mass is 9.66. The van der Waals surface area contributed by atoms with E-state index in [1.165, 1.54) is 5.57 Å². The molecule has 0 aromatic heterocycles. The zero-order chi connectivity index (χ0) is 10.8. The second-order valence-corrected chi connectivity index (χ2v) is 4.85. The molecule has 0 aromatic rings. The minimum atomic E-state index is -0.251. The maximum Gasteiger partial charge on any atom is 0.0633 e. The van der Waals surface area contributed by atoms with Crippen LogP contribution in [0.15, 0.2) is 24.3 Å². The average Bonchev–Trinajstić information content (AvgIpc) is 2.12. The van der Waals surface area contributed by atoms with E-state index in [2.05, 4.69) is 33.4 Å². The first-order valence-electron chi connectivity index (χ1n) is 5.47. The van der Waals surface area contributed by atoms with Crippen molar-refractivity contribution in [1.82, 2.24) is 0 Å². The van der Waals surface area contributed by atoms with Crippen LogP contribution in [0.3, 0.4) is 0 Å². The van der Waals surface area contributed by atoms with E-state index < -0.39 is 0 Å². The molecular formula is C13H22O. The van der Waals surface area contributed by atoms with Gasteiger partial charge in [0.15, 0.2) is 0 Å². The van der Waals surface area contributed by atoms with E-state index in [0.717, 1.165) is 12.8 Å². The molecule has 80 valence electrons. The minimum absolute atomic E-state index is 0.0354. The Kier molecular flexibility index (Phi) is 3.54. The van der Waals surface area contributed by atoms with Gasteiger partial charge in [0.2, 0.25) is 0 Å². The molecule has 3 atom stereocenters. The van der Waals surface area contributed by atoms with Gasteiger partial charge < -0.3 is 5.11 Å². The fraction of sp³-hybridized carbons (Fsp3) is 0.692. The third-order valence-electron chi connectivity index (χ3n) is 3.78. The van der Waals surface area contributed by atoms with Gasteiger partial charge in [-0.25, -0.2) is 0 Å². The van der Waals surface area contributed by atoms with Crippen LogP contribution in [0, 0.1) is 11.3 Å². The normalized spacial score (nSPS) is 34.9. The molecule has 1 nitrogen and oxygen atoms in total. The molecular weight excluding hydrogens is 172 g/mol. The van der Waals surface area contributed by atoms with Gasteiger partial charge in [-0.2, -0.15) is 0 Å². The van der Waals surface area contributed by atoms with Gasteiger partial charge in [0, 0.05) is 5.41 Å². The van der Waals surface area contributed by atoms with Gasteiger partial charge in [0.25, 0.3) is 0 Å². The Morgan fingerprint density at radius 3 is 2.93 bits per heavy atom. The third-order valence-corrected chi connectivity index (χ3v) is 3.78. The van der Waals surface area contributed by atoms with Crippen molar-refractivity contribution in [2.75, 3.05) is 0 Å². The third kappa shape index (κ3) is 2.09. The first-order chi connectivity index (χ1) is 6.50. The van der Waals surface area contributed by atoms with Crippen LogP contribution in [0.4, 0.5) is 0 Å². The second-order valence-electron chi connectivity index (χ2n) is 4.85. The smallest absolute Gasteiger partial charge is 0.0633 e. The highest BCUT2D eigenvalue weighted by Gasteiger charge is 2.38. The van der Waals surface area contributed by atoms with Crippen LogP contribution in [-0.2, 0) is 0 Å². The Labute approximate surface area is 87.5 Å². The summed E-state index contributed by atoms with van der Waals surface area (Å²) < 4.78 is 0. The topological polar surface area (TPSA) is 20.2 Å². The Balaban J connectivity index is 2.79. The van der Waals surface area contributed by atoms with E-state index in [9.17, 15) is 5.11 Å². The van der Waals surface area contributed by atoms with Crippen molar-refractivity contribution in [2.45, 2.75) is 46.1 Å². The van der Waals surface area contributed by atoms with E-state index in [4.69, 9.17) is 0 Å². The van der Waals surface area contributed by atoms with Crippen LogP contribution in [0.25, 0.3) is 0 Å². The Morgan fingerprint density at radius 1 is 1.79 bits per heavy atom. The molecule has 0 bridgehead atoms. The first kappa shape index (κ1) is 11.5. The molecule has 1 heteroatoms. The fourth-order valence-corrected chi connectivity index (χ4v) is 2.29. The number of aliphatic hydroxyl groups is 1. The lowest BCUT2D eigenvalue weighted by Crippen LogP contribution is -2.39. The van der Waals surface area contributed by atoms with Crippen molar-refractivity contribution in [3.63, 3.8) is 0 Å². The van der Waals surface area contributed by atoms with Gasteiger partial charge >= 0.3 is 0 Å².